The molecule has 0 unspecified atom stereocenters. The van der Waals surface area contributed by atoms with Gasteiger partial charge in [0.1, 0.15) is 5.01 Å². The third-order valence-electron chi connectivity index (χ3n) is 4.73. The molecule has 1 saturated heterocycles. The molecule has 2 heterocycles. The molecule has 0 amide bonds. The summed E-state index contributed by atoms with van der Waals surface area (Å²) in [6, 6.07) is 8.58. The molecule has 3 rings (SSSR count). The first-order valence-corrected chi connectivity index (χ1v) is 11.2. The Hall–Kier alpha value is -3.06. The van der Waals surface area contributed by atoms with Gasteiger partial charge in [0.25, 0.3) is 0 Å². The summed E-state index contributed by atoms with van der Waals surface area (Å²) in [4.78, 5) is 46.0. The van der Waals surface area contributed by atoms with Crippen LogP contribution < -0.4 is 0 Å². The normalized spacial score (nSPS) is 13.8. The Kier molecular flexibility index (Phi) is 12.1. The Morgan fingerprint density at radius 3 is 1.91 bits per heavy atom. The van der Waals surface area contributed by atoms with Gasteiger partial charge in [-0.05, 0) is 52.2 Å². The summed E-state index contributed by atoms with van der Waals surface area (Å²) in [5.74, 6) is -7.30. The number of likely N-dealkylation sites (tertiary alicyclic amines) is 1. The highest BCUT2D eigenvalue weighted by atomic mass is 35.5. The number of carbonyl (C=O) groups is 4. The van der Waals surface area contributed by atoms with E-state index in [-0.39, 0.29) is 0 Å². The van der Waals surface area contributed by atoms with Gasteiger partial charge in [-0.15, -0.1) is 11.3 Å². The van der Waals surface area contributed by atoms with E-state index in [2.05, 4.69) is 29.3 Å². The highest BCUT2D eigenvalue weighted by Gasteiger charge is 2.21. The van der Waals surface area contributed by atoms with Crippen molar-refractivity contribution in [3.63, 3.8) is 0 Å². The summed E-state index contributed by atoms with van der Waals surface area (Å²) in [6.45, 7) is 3.32. The molecule has 4 N–H and O–H groups in total. The number of rotatable bonds is 4. The molecule has 1 aromatic carbocycles. The van der Waals surface area contributed by atoms with Crippen molar-refractivity contribution in [2.45, 2.75) is 25.4 Å². The van der Waals surface area contributed by atoms with Crippen molar-refractivity contribution < 1.29 is 39.6 Å². The Morgan fingerprint density at radius 2 is 1.47 bits per heavy atom. The predicted molar refractivity (Wildman–Crippen MR) is 125 cm³/mol. The maximum atomic E-state index is 9.10. The highest BCUT2D eigenvalue weighted by molar-refractivity contribution is 7.13. The van der Waals surface area contributed by atoms with Gasteiger partial charge in [0.15, 0.2) is 0 Å². The molecule has 2 aromatic rings. The lowest BCUT2D eigenvalue weighted by molar-refractivity contribution is -0.159. The Bertz CT molecular complexity index is 927. The molecule has 1 aromatic heterocycles. The van der Waals surface area contributed by atoms with E-state index in [1.165, 1.54) is 25.9 Å². The van der Waals surface area contributed by atoms with Crippen molar-refractivity contribution in [3.8, 4) is 10.6 Å². The molecule has 0 atom stereocenters. The monoisotopic (exact) mass is 515 g/mol. The molecule has 1 fully saturated rings. The van der Waals surface area contributed by atoms with E-state index in [1.807, 2.05) is 24.3 Å². The van der Waals surface area contributed by atoms with E-state index in [9.17, 15) is 0 Å². The molecule has 1 aliphatic heterocycles. The third kappa shape index (κ3) is 10.7. The van der Waals surface area contributed by atoms with Crippen LogP contribution in [0.3, 0.4) is 0 Å². The number of hydrogen-bond acceptors (Lipinski definition) is 8. The molecule has 34 heavy (non-hydrogen) atoms. The summed E-state index contributed by atoms with van der Waals surface area (Å²) in [7, 11) is 4.42. The maximum Gasteiger partial charge on any atom is 0.414 e. The van der Waals surface area contributed by atoms with Crippen molar-refractivity contribution in [3.05, 3.63) is 40.4 Å². The van der Waals surface area contributed by atoms with E-state index in [1.54, 1.807) is 11.3 Å². The standard InChI is InChI=1S/C17H22ClN3S.2C2H2O4/c1-20-9-7-16(8-10-20)21(2)11-15-12-22-17(19-15)13-3-5-14(18)6-4-13;2*3-1(4)2(5)6/h3-6,12,16H,7-11H2,1-2H3;2*(H,3,4)(H,5,6). The Labute approximate surface area is 204 Å². The van der Waals surface area contributed by atoms with Crippen LogP contribution in [0.25, 0.3) is 10.6 Å². The van der Waals surface area contributed by atoms with Gasteiger partial charge in [0.2, 0.25) is 0 Å². The lowest BCUT2D eigenvalue weighted by Gasteiger charge is -2.34. The first kappa shape index (κ1) is 29.0. The second kappa shape index (κ2) is 14.3. The summed E-state index contributed by atoms with van der Waals surface area (Å²) in [5, 5.41) is 33.6. The number of piperidine rings is 1. The average molecular weight is 516 g/mol. The first-order chi connectivity index (χ1) is 15.9. The highest BCUT2D eigenvalue weighted by Crippen LogP contribution is 2.26. The lowest BCUT2D eigenvalue weighted by atomic mass is 10.0. The zero-order chi connectivity index (χ0) is 25.8. The second-order valence-electron chi connectivity index (χ2n) is 7.32. The van der Waals surface area contributed by atoms with Crippen LogP contribution in [-0.2, 0) is 25.7 Å². The molecule has 0 spiro atoms. The van der Waals surface area contributed by atoms with Crippen molar-refractivity contribution in [1.82, 2.24) is 14.8 Å². The molecule has 1 aliphatic rings. The fraction of sp³-hybridized carbons (Fsp3) is 0.381. The number of benzene rings is 1. The fourth-order valence-electron chi connectivity index (χ4n) is 2.93. The molecule has 11 nitrogen and oxygen atoms in total. The van der Waals surface area contributed by atoms with Gasteiger partial charge in [-0.25, -0.2) is 24.2 Å². The fourth-order valence-corrected chi connectivity index (χ4v) is 3.87. The number of nitrogens with zero attached hydrogens (tertiary/aromatic N) is 3. The minimum absolute atomic E-state index is 0.678. The third-order valence-corrected chi connectivity index (χ3v) is 5.92. The minimum atomic E-state index is -1.82. The van der Waals surface area contributed by atoms with Gasteiger partial charge >= 0.3 is 23.9 Å². The molecular formula is C21H26ClN3O8S. The quantitative estimate of drug-likeness (QED) is 0.440. The van der Waals surface area contributed by atoms with Gasteiger partial charge in [0, 0.05) is 28.6 Å². The molecule has 0 aliphatic carbocycles. The lowest BCUT2D eigenvalue weighted by Crippen LogP contribution is -2.41. The maximum absolute atomic E-state index is 9.10. The topological polar surface area (TPSA) is 169 Å². The van der Waals surface area contributed by atoms with E-state index in [0.29, 0.717) is 6.04 Å². The minimum Gasteiger partial charge on any atom is -0.473 e. The average Bonchev–Trinajstić information content (AvgIpc) is 3.23. The number of hydrogen-bond donors (Lipinski definition) is 4. The zero-order valence-corrected chi connectivity index (χ0v) is 20.1. The van der Waals surface area contributed by atoms with Gasteiger partial charge in [-0.2, -0.15) is 0 Å². The van der Waals surface area contributed by atoms with Crippen molar-refractivity contribution >= 4 is 46.8 Å². The SMILES string of the molecule is CN1CCC(N(C)Cc2csc(-c3ccc(Cl)cc3)n2)CC1.O=C(O)C(=O)O.O=C(O)C(=O)O. The molecule has 13 heteroatoms. The summed E-state index contributed by atoms with van der Waals surface area (Å²) >= 11 is 7.65. The van der Waals surface area contributed by atoms with Crippen molar-refractivity contribution in [2.75, 3.05) is 27.2 Å². The van der Waals surface area contributed by atoms with E-state index in [0.717, 1.165) is 27.8 Å². The van der Waals surface area contributed by atoms with Crippen LogP contribution in [0.2, 0.25) is 5.02 Å². The Morgan fingerprint density at radius 1 is 1.00 bits per heavy atom. The number of thiazole rings is 1. The largest absolute Gasteiger partial charge is 0.473 e. The summed E-state index contributed by atoms with van der Waals surface area (Å²) in [5.41, 5.74) is 2.30. The van der Waals surface area contributed by atoms with Gasteiger partial charge in [-0.1, -0.05) is 23.7 Å². The van der Waals surface area contributed by atoms with Crippen molar-refractivity contribution in [2.24, 2.45) is 0 Å². The predicted octanol–water partition coefficient (Wildman–Crippen LogP) is 2.30. The van der Waals surface area contributed by atoms with E-state index in [4.69, 9.17) is 56.2 Å². The zero-order valence-electron chi connectivity index (χ0n) is 18.5. The molecule has 0 radical (unpaired) electrons. The van der Waals surface area contributed by atoms with Crippen LogP contribution in [0, 0.1) is 0 Å². The van der Waals surface area contributed by atoms with Crippen LogP contribution in [0.4, 0.5) is 0 Å². The van der Waals surface area contributed by atoms with Crippen LogP contribution in [0.15, 0.2) is 29.6 Å². The number of halogens is 1. The molecular weight excluding hydrogens is 490 g/mol. The second-order valence-corrected chi connectivity index (χ2v) is 8.62. The van der Waals surface area contributed by atoms with Crippen LogP contribution in [0.1, 0.15) is 18.5 Å². The summed E-state index contributed by atoms with van der Waals surface area (Å²) in [6.07, 6.45) is 2.50. The van der Waals surface area contributed by atoms with Crippen LogP contribution in [-0.4, -0.2) is 92.3 Å². The smallest absolute Gasteiger partial charge is 0.414 e. The number of carboxylic acid groups (broad SMARTS) is 4. The van der Waals surface area contributed by atoms with Gasteiger partial charge in [-0.3, -0.25) is 4.90 Å². The number of aliphatic carboxylic acids is 4. The Balaban J connectivity index is 0.000000401. The van der Waals surface area contributed by atoms with E-state index >= 15 is 0 Å². The van der Waals surface area contributed by atoms with Crippen LogP contribution in [0.5, 0.6) is 0 Å². The molecule has 0 bridgehead atoms. The molecule has 186 valence electrons. The van der Waals surface area contributed by atoms with Crippen LogP contribution >= 0.6 is 22.9 Å². The molecule has 0 saturated carbocycles. The number of aromatic nitrogens is 1. The van der Waals surface area contributed by atoms with E-state index < -0.39 is 23.9 Å². The first-order valence-electron chi connectivity index (χ1n) is 9.92. The summed E-state index contributed by atoms with van der Waals surface area (Å²) < 4.78 is 0. The van der Waals surface area contributed by atoms with Gasteiger partial charge in [0.05, 0.1) is 5.69 Å². The van der Waals surface area contributed by atoms with Crippen molar-refractivity contribution in [1.29, 1.82) is 0 Å². The van der Waals surface area contributed by atoms with Gasteiger partial charge < -0.3 is 25.3 Å². The number of carboxylic acids is 4.